The molecule has 1 heterocycles. The maximum atomic E-state index is 11.4. The Kier molecular flexibility index (Phi) is 4.15. The summed E-state index contributed by atoms with van der Waals surface area (Å²) in [6, 6.07) is 3.29. The normalized spacial score (nSPS) is 17.7. The molecule has 0 atom stereocenters. The highest BCUT2D eigenvalue weighted by molar-refractivity contribution is 7.88. The van der Waals surface area contributed by atoms with Gasteiger partial charge in [0, 0.05) is 31.9 Å². The molecule has 0 bridgehead atoms. The molecule has 1 aromatic rings. The molecule has 0 unspecified atom stereocenters. The summed E-state index contributed by atoms with van der Waals surface area (Å²) < 4.78 is 24.3. The molecular formula is C11H15Cl2N3O2S. The van der Waals surface area contributed by atoms with Crippen LogP contribution in [0.15, 0.2) is 12.1 Å². The standard InChI is InChI=1S/C11H15Cl2N3O2S/c1-19(17,18)16-4-2-15(3-5-16)11-9(12)6-8(14)7-10(11)13/h6-7H,2-5,14H2,1H3. The van der Waals surface area contributed by atoms with Gasteiger partial charge in [0.15, 0.2) is 0 Å². The zero-order chi connectivity index (χ0) is 14.2. The number of nitrogen functional groups attached to an aromatic ring is 1. The van der Waals surface area contributed by atoms with Gasteiger partial charge in [-0.3, -0.25) is 0 Å². The van der Waals surface area contributed by atoms with E-state index in [-0.39, 0.29) is 0 Å². The van der Waals surface area contributed by atoms with Gasteiger partial charge in [0.05, 0.1) is 22.0 Å². The van der Waals surface area contributed by atoms with E-state index in [4.69, 9.17) is 28.9 Å². The van der Waals surface area contributed by atoms with Crippen LogP contribution >= 0.6 is 23.2 Å². The average molecular weight is 324 g/mol. The van der Waals surface area contributed by atoms with Gasteiger partial charge < -0.3 is 10.6 Å². The first-order valence-electron chi connectivity index (χ1n) is 5.73. The molecule has 1 aliphatic rings. The molecule has 0 amide bonds. The lowest BCUT2D eigenvalue weighted by atomic mass is 10.2. The van der Waals surface area contributed by atoms with Gasteiger partial charge in [-0.25, -0.2) is 8.42 Å². The fraction of sp³-hybridized carbons (Fsp3) is 0.455. The molecule has 5 nitrogen and oxygen atoms in total. The van der Waals surface area contributed by atoms with Crippen LogP contribution in [0.1, 0.15) is 0 Å². The van der Waals surface area contributed by atoms with Gasteiger partial charge in [-0.1, -0.05) is 23.2 Å². The smallest absolute Gasteiger partial charge is 0.211 e. The van der Waals surface area contributed by atoms with E-state index in [1.807, 2.05) is 4.90 Å². The summed E-state index contributed by atoms with van der Waals surface area (Å²) in [5.41, 5.74) is 6.88. The number of halogens is 2. The zero-order valence-electron chi connectivity index (χ0n) is 10.4. The van der Waals surface area contributed by atoms with Crippen molar-refractivity contribution in [2.45, 2.75) is 0 Å². The molecule has 0 radical (unpaired) electrons. The molecule has 1 saturated heterocycles. The van der Waals surface area contributed by atoms with E-state index in [9.17, 15) is 8.42 Å². The highest BCUT2D eigenvalue weighted by Crippen LogP contribution is 2.36. The quantitative estimate of drug-likeness (QED) is 0.840. The fourth-order valence-corrected chi connectivity index (χ4v) is 3.70. The van der Waals surface area contributed by atoms with Crippen molar-refractivity contribution in [3.63, 3.8) is 0 Å². The van der Waals surface area contributed by atoms with Crippen LogP contribution in [0.5, 0.6) is 0 Å². The van der Waals surface area contributed by atoms with E-state index in [1.165, 1.54) is 10.6 Å². The topological polar surface area (TPSA) is 66.6 Å². The molecule has 106 valence electrons. The van der Waals surface area contributed by atoms with E-state index in [0.29, 0.717) is 47.6 Å². The molecule has 0 spiro atoms. The van der Waals surface area contributed by atoms with Crippen LogP contribution in [0.4, 0.5) is 11.4 Å². The number of piperazine rings is 1. The molecular weight excluding hydrogens is 309 g/mol. The molecule has 0 saturated carbocycles. The predicted octanol–water partition coefficient (Wildman–Crippen LogP) is 1.66. The fourth-order valence-electron chi connectivity index (χ4n) is 2.13. The van der Waals surface area contributed by atoms with Gasteiger partial charge in [-0.05, 0) is 12.1 Å². The Bertz CT molecular complexity index is 561. The minimum Gasteiger partial charge on any atom is -0.399 e. The van der Waals surface area contributed by atoms with Crippen LogP contribution in [-0.4, -0.2) is 45.2 Å². The van der Waals surface area contributed by atoms with Crippen LogP contribution in [0, 0.1) is 0 Å². The number of nitrogens with zero attached hydrogens (tertiary/aromatic N) is 2. The molecule has 0 aliphatic carbocycles. The lowest BCUT2D eigenvalue weighted by molar-refractivity contribution is 0.388. The third-order valence-corrected chi connectivity index (χ3v) is 4.94. The lowest BCUT2D eigenvalue weighted by Crippen LogP contribution is -2.48. The van der Waals surface area contributed by atoms with Gasteiger partial charge in [0.25, 0.3) is 0 Å². The number of hydrogen-bond donors (Lipinski definition) is 1. The van der Waals surface area contributed by atoms with Gasteiger partial charge in [0.2, 0.25) is 10.0 Å². The van der Waals surface area contributed by atoms with Crippen molar-refractivity contribution in [1.29, 1.82) is 0 Å². The Morgan fingerprint density at radius 1 is 1.11 bits per heavy atom. The van der Waals surface area contributed by atoms with E-state index in [1.54, 1.807) is 12.1 Å². The van der Waals surface area contributed by atoms with Crippen LogP contribution in [0.3, 0.4) is 0 Å². The van der Waals surface area contributed by atoms with Crippen molar-refractivity contribution >= 4 is 44.6 Å². The lowest BCUT2D eigenvalue weighted by Gasteiger charge is -2.35. The third kappa shape index (κ3) is 3.25. The Balaban J connectivity index is 2.19. The molecule has 1 aromatic carbocycles. The van der Waals surface area contributed by atoms with Gasteiger partial charge >= 0.3 is 0 Å². The first-order chi connectivity index (χ1) is 8.79. The van der Waals surface area contributed by atoms with Gasteiger partial charge in [-0.15, -0.1) is 0 Å². The molecule has 19 heavy (non-hydrogen) atoms. The Hall–Kier alpha value is -0.690. The second-order valence-corrected chi connectivity index (χ2v) is 7.28. The third-order valence-electron chi connectivity index (χ3n) is 3.06. The van der Waals surface area contributed by atoms with Crippen LogP contribution in [-0.2, 0) is 10.0 Å². The molecule has 1 fully saturated rings. The van der Waals surface area contributed by atoms with Crippen LogP contribution < -0.4 is 10.6 Å². The largest absolute Gasteiger partial charge is 0.399 e. The van der Waals surface area contributed by atoms with Crippen LogP contribution in [0.2, 0.25) is 10.0 Å². The number of rotatable bonds is 2. The summed E-state index contributed by atoms with van der Waals surface area (Å²) in [5, 5.41) is 0.968. The number of anilines is 2. The number of benzene rings is 1. The second kappa shape index (κ2) is 5.36. The average Bonchev–Trinajstić information content (AvgIpc) is 2.27. The summed E-state index contributed by atoms with van der Waals surface area (Å²) >= 11 is 12.3. The monoisotopic (exact) mass is 323 g/mol. The van der Waals surface area contributed by atoms with Crippen molar-refractivity contribution in [3.8, 4) is 0 Å². The first-order valence-corrected chi connectivity index (χ1v) is 8.34. The van der Waals surface area contributed by atoms with E-state index < -0.39 is 10.0 Å². The molecule has 8 heteroatoms. The SMILES string of the molecule is CS(=O)(=O)N1CCN(c2c(Cl)cc(N)cc2Cl)CC1. The Labute approximate surface area is 122 Å². The summed E-state index contributed by atoms with van der Waals surface area (Å²) in [5.74, 6) is 0. The summed E-state index contributed by atoms with van der Waals surface area (Å²) in [6.45, 7) is 1.96. The minimum absolute atomic E-state index is 0.426. The van der Waals surface area contributed by atoms with Crippen molar-refractivity contribution in [1.82, 2.24) is 4.31 Å². The molecule has 1 aliphatic heterocycles. The number of nitrogens with two attached hydrogens (primary N) is 1. The van der Waals surface area contributed by atoms with E-state index in [2.05, 4.69) is 0 Å². The van der Waals surface area contributed by atoms with Crippen molar-refractivity contribution in [2.75, 3.05) is 43.1 Å². The van der Waals surface area contributed by atoms with Crippen molar-refractivity contribution in [2.24, 2.45) is 0 Å². The second-order valence-electron chi connectivity index (χ2n) is 4.48. The van der Waals surface area contributed by atoms with Gasteiger partial charge in [0.1, 0.15) is 0 Å². The minimum atomic E-state index is -3.14. The summed E-state index contributed by atoms with van der Waals surface area (Å²) in [4.78, 5) is 1.98. The molecule has 0 aromatic heterocycles. The summed E-state index contributed by atoms with van der Waals surface area (Å²) in [7, 11) is -3.14. The maximum Gasteiger partial charge on any atom is 0.211 e. The van der Waals surface area contributed by atoms with E-state index >= 15 is 0 Å². The Morgan fingerprint density at radius 2 is 1.58 bits per heavy atom. The first kappa shape index (κ1) is 14.7. The van der Waals surface area contributed by atoms with Crippen LogP contribution in [0.25, 0.3) is 0 Å². The Morgan fingerprint density at radius 3 is 2.00 bits per heavy atom. The zero-order valence-corrected chi connectivity index (χ0v) is 12.8. The molecule has 2 rings (SSSR count). The van der Waals surface area contributed by atoms with Gasteiger partial charge in [-0.2, -0.15) is 4.31 Å². The molecule has 2 N–H and O–H groups in total. The maximum absolute atomic E-state index is 11.4. The highest BCUT2D eigenvalue weighted by Gasteiger charge is 2.25. The van der Waals surface area contributed by atoms with Crippen molar-refractivity contribution < 1.29 is 8.42 Å². The predicted molar refractivity (Wildman–Crippen MR) is 79.5 cm³/mol. The van der Waals surface area contributed by atoms with E-state index in [0.717, 1.165) is 0 Å². The number of hydrogen-bond acceptors (Lipinski definition) is 4. The highest BCUT2D eigenvalue weighted by atomic mass is 35.5. The van der Waals surface area contributed by atoms with Crippen molar-refractivity contribution in [3.05, 3.63) is 22.2 Å². The summed E-state index contributed by atoms with van der Waals surface area (Å²) in [6.07, 6.45) is 1.21. The number of sulfonamides is 1.